The summed E-state index contributed by atoms with van der Waals surface area (Å²) in [5.74, 6) is -3.21. The van der Waals surface area contributed by atoms with Crippen LogP contribution < -0.4 is 15.8 Å². The minimum absolute atomic E-state index is 0.0190. The zero-order chi connectivity index (χ0) is 19.3. The van der Waals surface area contributed by atoms with Crippen LogP contribution in [-0.2, 0) is 5.92 Å². The van der Waals surface area contributed by atoms with Gasteiger partial charge in [0.25, 0.3) is 5.92 Å². The molecule has 26 heavy (non-hydrogen) atoms. The van der Waals surface area contributed by atoms with Gasteiger partial charge < -0.3 is 15.8 Å². The van der Waals surface area contributed by atoms with Gasteiger partial charge >= 0.3 is 6.01 Å². The van der Waals surface area contributed by atoms with Crippen LogP contribution in [0.15, 0.2) is 42.5 Å². The summed E-state index contributed by atoms with van der Waals surface area (Å²) in [5.41, 5.74) is 6.55. The number of alkyl halides is 2. The highest BCUT2D eigenvalue weighted by Crippen LogP contribution is 2.34. The molecule has 0 saturated carbocycles. The maximum Gasteiger partial charge on any atom is 0.316 e. The number of carbonyl (C=O) groups is 1. The Kier molecular flexibility index (Phi) is 6.10. The topological polar surface area (TPSA) is 90.1 Å². The first-order chi connectivity index (χ1) is 12.2. The largest absolute Gasteiger partial charge is 0.457 e. The Labute approximate surface area is 154 Å². The number of ether oxygens (including phenoxy) is 1. The van der Waals surface area contributed by atoms with Crippen molar-refractivity contribution in [2.75, 3.05) is 11.9 Å². The molecule has 1 aromatic heterocycles. The highest BCUT2D eigenvalue weighted by atomic mass is 35.5. The Hall–Kier alpha value is -2.74. The summed E-state index contributed by atoms with van der Waals surface area (Å²) < 4.78 is 32.2. The number of hydrogen-bond acceptors (Lipinski definition) is 6. The number of halogens is 3. The average Bonchev–Trinajstić information content (AvgIpc) is 2.58. The molecule has 0 aliphatic heterocycles. The van der Waals surface area contributed by atoms with Crippen molar-refractivity contribution >= 4 is 23.1 Å². The molecule has 2 aromatic rings. The molecule has 0 unspecified atom stereocenters. The molecular weight excluding hydrogens is 366 g/mol. The molecule has 0 saturated heterocycles. The molecule has 0 aliphatic rings. The van der Waals surface area contributed by atoms with Gasteiger partial charge in [0.1, 0.15) is 6.61 Å². The molecule has 1 aromatic carbocycles. The molecule has 138 valence electrons. The summed E-state index contributed by atoms with van der Waals surface area (Å²) in [6.45, 7) is 2.15. The first-order valence-corrected chi connectivity index (χ1v) is 7.89. The first kappa shape index (κ1) is 19.6. The highest BCUT2D eigenvalue weighted by Gasteiger charge is 2.27. The second-order valence-electron chi connectivity index (χ2n) is 5.55. The lowest BCUT2D eigenvalue weighted by Gasteiger charge is -2.14. The van der Waals surface area contributed by atoms with Gasteiger partial charge in [-0.1, -0.05) is 11.6 Å². The van der Waals surface area contributed by atoms with E-state index in [1.165, 1.54) is 37.7 Å². The number of carbonyl (C=O) groups excluding carboxylic acids is 1. The van der Waals surface area contributed by atoms with Crippen molar-refractivity contribution < 1.29 is 18.3 Å². The van der Waals surface area contributed by atoms with E-state index in [1.54, 1.807) is 6.07 Å². The third-order valence-corrected chi connectivity index (χ3v) is 3.60. The molecule has 0 spiro atoms. The lowest BCUT2D eigenvalue weighted by Crippen LogP contribution is -2.13. The van der Waals surface area contributed by atoms with Crippen LogP contribution in [0.5, 0.6) is 6.01 Å². The summed E-state index contributed by atoms with van der Waals surface area (Å²) in [7, 11) is 0. The molecular formula is C17H17ClF2N4O2. The van der Waals surface area contributed by atoms with Gasteiger partial charge in [-0.25, -0.2) is 18.7 Å². The minimum atomic E-state index is -3.06. The van der Waals surface area contributed by atoms with Gasteiger partial charge in [0, 0.05) is 41.8 Å². The quantitative estimate of drug-likeness (QED) is 0.709. The van der Waals surface area contributed by atoms with Crippen LogP contribution in [0.1, 0.15) is 29.8 Å². The van der Waals surface area contributed by atoms with Gasteiger partial charge in [0.15, 0.2) is 5.78 Å². The number of hydrogen-bond donors (Lipinski definition) is 2. The zero-order valence-electron chi connectivity index (χ0n) is 14.1. The van der Waals surface area contributed by atoms with E-state index in [1.807, 2.05) is 0 Å². The molecule has 0 fully saturated rings. The first-order valence-electron chi connectivity index (χ1n) is 7.51. The van der Waals surface area contributed by atoms with Crippen molar-refractivity contribution in [1.82, 2.24) is 9.97 Å². The Morgan fingerprint density at radius 1 is 1.38 bits per heavy atom. The number of ketones is 1. The lowest BCUT2D eigenvalue weighted by atomic mass is 10.1. The van der Waals surface area contributed by atoms with Gasteiger partial charge in [0.05, 0.1) is 11.3 Å². The maximum atomic E-state index is 13.5. The average molecular weight is 383 g/mol. The second-order valence-corrected chi connectivity index (χ2v) is 5.95. The zero-order valence-corrected chi connectivity index (χ0v) is 14.8. The summed E-state index contributed by atoms with van der Waals surface area (Å²) >= 11 is 5.79. The Balaban J connectivity index is 1.97. The van der Waals surface area contributed by atoms with E-state index in [2.05, 4.69) is 15.3 Å². The van der Waals surface area contributed by atoms with Crippen LogP contribution in [-0.4, -0.2) is 22.4 Å². The monoisotopic (exact) mass is 382 g/mol. The fraction of sp³-hybridized carbons (Fsp3) is 0.235. The van der Waals surface area contributed by atoms with E-state index < -0.39 is 5.92 Å². The summed E-state index contributed by atoms with van der Waals surface area (Å²) in [6, 6.07) is 4.23. The van der Waals surface area contributed by atoms with E-state index in [9.17, 15) is 13.6 Å². The third-order valence-electron chi connectivity index (χ3n) is 3.27. The smallest absolute Gasteiger partial charge is 0.316 e. The molecule has 1 heterocycles. The van der Waals surface area contributed by atoms with Crippen molar-refractivity contribution in [3.63, 3.8) is 0 Å². The Bertz CT molecular complexity index is 821. The summed E-state index contributed by atoms with van der Waals surface area (Å²) in [5, 5.41) is 2.78. The highest BCUT2D eigenvalue weighted by molar-refractivity contribution is 6.31. The maximum absolute atomic E-state index is 13.5. The predicted molar refractivity (Wildman–Crippen MR) is 94.4 cm³/mol. The molecule has 2 rings (SSSR count). The van der Waals surface area contributed by atoms with Crippen molar-refractivity contribution in [2.24, 2.45) is 5.73 Å². The molecule has 0 amide bonds. The van der Waals surface area contributed by atoms with Crippen LogP contribution in [0.4, 0.5) is 14.5 Å². The molecule has 0 aliphatic carbocycles. The van der Waals surface area contributed by atoms with Gasteiger partial charge in [-0.2, -0.15) is 0 Å². The third kappa shape index (κ3) is 5.38. The summed E-state index contributed by atoms with van der Waals surface area (Å²) in [6.07, 6.45) is 4.11. The number of anilines is 1. The standard InChI is InChI=1S/C17H17ClF2N4O2/c1-10(25)11-6-23-16(24-7-11)26-9-12(21)8-22-13-3-4-15(18)14(5-13)17(2,19)20/h3-8,22H,9,21H2,1-2H3/b12-8-. The second kappa shape index (κ2) is 8.09. The van der Waals surface area contributed by atoms with E-state index in [-0.39, 0.29) is 34.7 Å². The predicted octanol–water partition coefficient (Wildman–Crippen LogP) is 3.74. The Morgan fingerprint density at radius 3 is 2.62 bits per heavy atom. The number of Topliss-reactive ketones (excluding diaryl/α,β-unsaturated/α-hetero) is 1. The van der Waals surface area contributed by atoms with Crippen LogP contribution >= 0.6 is 11.6 Å². The van der Waals surface area contributed by atoms with Crippen molar-refractivity contribution in [1.29, 1.82) is 0 Å². The van der Waals surface area contributed by atoms with Crippen LogP contribution in [0.3, 0.4) is 0 Å². The van der Waals surface area contributed by atoms with Crippen molar-refractivity contribution in [2.45, 2.75) is 19.8 Å². The van der Waals surface area contributed by atoms with Gasteiger partial charge in [-0.05, 0) is 25.1 Å². The fourth-order valence-corrected chi connectivity index (χ4v) is 2.17. The molecule has 9 heteroatoms. The van der Waals surface area contributed by atoms with Gasteiger partial charge in [-0.15, -0.1) is 0 Å². The van der Waals surface area contributed by atoms with Crippen molar-refractivity contribution in [3.8, 4) is 6.01 Å². The molecule has 0 radical (unpaired) electrons. The molecule has 6 nitrogen and oxygen atoms in total. The fourth-order valence-electron chi connectivity index (χ4n) is 1.89. The van der Waals surface area contributed by atoms with E-state index in [4.69, 9.17) is 22.1 Å². The number of nitrogens with one attached hydrogen (secondary N) is 1. The van der Waals surface area contributed by atoms with Crippen LogP contribution in [0.25, 0.3) is 0 Å². The van der Waals surface area contributed by atoms with Crippen LogP contribution in [0, 0.1) is 0 Å². The number of nitrogens with two attached hydrogens (primary N) is 1. The van der Waals surface area contributed by atoms with Crippen molar-refractivity contribution in [3.05, 3.63) is 58.6 Å². The van der Waals surface area contributed by atoms with E-state index >= 15 is 0 Å². The number of nitrogens with zero attached hydrogens (tertiary/aromatic N) is 2. The number of aromatic nitrogens is 2. The molecule has 3 N–H and O–H groups in total. The van der Waals surface area contributed by atoms with Gasteiger partial charge in [0.2, 0.25) is 0 Å². The van der Waals surface area contributed by atoms with E-state index in [0.717, 1.165) is 6.92 Å². The molecule has 0 bridgehead atoms. The number of rotatable bonds is 7. The summed E-state index contributed by atoms with van der Waals surface area (Å²) in [4.78, 5) is 18.9. The molecule has 0 atom stereocenters. The van der Waals surface area contributed by atoms with E-state index in [0.29, 0.717) is 11.3 Å². The SMILES string of the molecule is CC(=O)c1cnc(OC/C(N)=C/Nc2ccc(Cl)c(C(C)(F)F)c2)nc1. The normalized spacial score (nSPS) is 12.0. The Morgan fingerprint density at radius 2 is 2.04 bits per heavy atom. The lowest BCUT2D eigenvalue weighted by molar-refractivity contribution is 0.0176. The van der Waals surface area contributed by atoms with Crippen LogP contribution in [0.2, 0.25) is 5.02 Å². The minimum Gasteiger partial charge on any atom is -0.457 e. The van der Waals surface area contributed by atoms with Gasteiger partial charge in [-0.3, -0.25) is 4.79 Å². The number of benzene rings is 1.